The lowest BCUT2D eigenvalue weighted by Crippen LogP contribution is -2.54. The number of anilines is 2. The molecule has 0 spiro atoms. The second-order valence-corrected chi connectivity index (χ2v) is 9.03. The molecule has 0 radical (unpaired) electrons. The van der Waals surface area contributed by atoms with Crippen molar-refractivity contribution >= 4 is 62.8 Å². The number of nitrogens with one attached hydrogen (secondary N) is 2. The Balaban J connectivity index is 1.57. The lowest BCUT2D eigenvalue weighted by Gasteiger charge is -2.26. The molecule has 1 aliphatic heterocycles. The van der Waals surface area contributed by atoms with E-state index in [1.807, 2.05) is 19.1 Å². The van der Waals surface area contributed by atoms with Crippen molar-refractivity contribution in [3.63, 3.8) is 0 Å². The maximum atomic E-state index is 13.2. The molecule has 0 aliphatic carbocycles. The molecule has 1 heterocycles. The number of nitro groups is 1. The molecule has 0 aromatic heterocycles. The molecule has 0 bridgehead atoms. The zero-order valence-corrected chi connectivity index (χ0v) is 21.4. The van der Waals surface area contributed by atoms with Crippen LogP contribution in [0.15, 0.2) is 76.8 Å². The van der Waals surface area contributed by atoms with Gasteiger partial charge in [-0.05, 0) is 55.5 Å². The second-order valence-electron chi connectivity index (χ2n) is 8.12. The number of halogens is 1. The molecule has 4 rings (SSSR count). The summed E-state index contributed by atoms with van der Waals surface area (Å²) >= 11 is 3.33. The monoisotopic (exact) mass is 578 g/mol. The number of hydrogen-bond donors (Lipinski definition) is 2. The van der Waals surface area contributed by atoms with E-state index in [-0.39, 0.29) is 29.3 Å². The van der Waals surface area contributed by atoms with E-state index in [1.54, 1.807) is 30.3 Å². The van der Waals surface area contributed by atoms with Crippen molar-refractivity contribution in [2.24, 2.45) is 0 Å². The van der Waals surface area contributed by atoms with Crippen LogP contribution in [0, 0.1) is 17.0 Å². The van der Waals surface area contributed by atoms with Crippen LogP contribution in [0.2, 0.25) is 0 Å². The molecule has 11 nitrogen and oxygen atoms in total. The average molecular weight is 579 g/mol. The fraction of sp³-hybridized carbons (Fsp3) is 0.0769. The van der Waals surface area contributed by atoms with Gasteiger partial charge >= 0.3 is 6.03 Å². The Hall–Kier alpha value is -4.84. The summed E-state index contributed by atoms with van der Waals surface area (Å²) in [6.45, 7) is 1.58. The summed E-state index contributed by atoms with van der Waals surface area (Å²) in [5.74, 6) is -2.08. The van der Waals surface area contributed by atoms with Crippen molar-refractivity contribution in [1.82, 2.24) is 5.32 Å². The first-order chi connectivity index (χ1) is 18.1. The second kappa shape index (κ2) is 11.0. The SMILES string of the molecule is Cc1ccc(NC(=O)COc2ccc(Br)cc2/C=C2\C(=O)NC(=O)N(c3ccc([N+](=O)[O-])cc3)C2=O)cc1. The van der Waals surface area contributed by atoms with Gasteiger partial charge in [0.1, 0.15) is 11.3 Å². The molecular formula is C26H19BrN4O7. The number of nitrogens with zero attached hydrogens (tertiary/aromatic N) is 2. The van der Waals surface area contributed by atoms with E-state index in [9.17, 15) is 29.3 Å². The maximum Gasteiger partial charge on any atom is 0.335 e. The summed E-state index contributed by atoms with van der Waals surface area (Å²) in [7, 11) is 0. The molecule has 12 heteroatoms. The van der Waals surface area contributed by atoms with E-state index in [2.05, 4.69) is 26.6 Å². The van der Waals surface area contributed by atoms with Crippen LogP contribution < -0.4 is 20.3 Å². The molecule has 38 heavy (non-hydrogen) atoms. The number of barbiturate groups is 1. The fourth-order valence-corrected chi connectivity index (χ4v) is 3.89. The lowest BCUT2D eigenvalue weighted by atomic mass is 10.1. The fourth-order valence-electron chi connectivity index (χ4n) is 3.51. The summed E-state index contributed by atoms with van der Waals surface area (Å²) in [5.41, 5.74) is 1.36. The number of carbonyl (C=O) groups is 4. The van der Waals surface area contributed by atoms with Crippen molar-refractivity contribution < 1.29 is 28.8 Å². The highest BCUT2D eigenvalue weighted by Crippen LogP contribution is 2.29. The highest BCUT2D eigenvalue weighted by atomic mass is 79.9. The first kappa shape index (κ1) is 26.2. The van der Waals surface area contributed by atoms with Crippen molar-refractivity contribution in [3.05, 3.63) is 98.0 Å². The topological polar surface area (TPSA) is 148 Å². The third kappa shape index (κ3) is 5.93. The number of carbonyl (C=O) groups excluding carboxylic acids is 4. The average Bonchev–Trinajstić information content (AvgIpc) is 2.87. The quantitative estimate of drug-likeness (QED) is 0.183. The number of nitro benzene ring substituents is 1. The summed E-state index contributed by atoms with van der Waals surface area (Å²) in [6, 6.07) is 15.7. The number of aryl methyl sites for hydroxylation is 1. The third-order valence-corrected chi connectivity index (χ3v) is 5.88. The number of amides is 5. The van der Waals surface area contributed by atoms with E-state index < -0.39 is 28.7 Å². The van der Waals surface area contributed by atoms with E-state index in [0.29, 0.717) is 20.6 Å². The zero-order valence-electron chi connectivity index (χ0n) is 19.8. The molecule has 1 saturated heterocycles. The van der Waals surface area contributed by atoms with Crippen molar-refractivity contribution in [2.45, 2.75) is 6.92 Å². The number of benzene rings is 3. The van der Waals surface area contributed by atoms with Gasteiger partial charge in [-0.1, -0.05) is 33.6 Å². The van der Waals surface area contributed by atoms with Gasteiger partial charge in [0, 0.05) is 27.9 Å². The van der Waals surface area contributed by atoms with Gasteiger partial charge < -0.3 is 10.1 Å². The van der Waals surface area contributed by atoms with Crippen LogP contribution in [0.1, 0.15) is 11.1 Å². The molecule has 5 amide bonds. The van der Waals surface area contributed by atoms with Gasteiger partial charge in [-0.3, -0.25) is 29.8 Å². The molecule has 1 fully saturated rings. The van der Waals surface area contributed by atoms with Crippen LogP contribution in [0.5, 0.6) is 5.75 Å². The maximum absolute atomic E-state index is 13.2. The van der Waals surface area contributed by atoms with Crippen molar-refractivity contribution in [2.75, 3.05) is 16.8 Å². The highest BCUT2D eigenvalue weighted by molar-refractivity contribution is 9.10. The highest BCUT2D eigenvalue weighted by Gasteiger charge is 2.37. The Labute approximate surface area is 224 Å². The number of ether oxygens (including phenoxy) is 1. The van der Waals surface area contributed by atoms with Crippen molar-refractivity contribution in [1.29, 1.82) is 0 Å². The summed E-state index contributed by atoms with van der Waals surface area (Å²) < 4.78 is 6.27. The molecule has 192 valence electrons. The Morgan fingerprint density at radius 1 is 1.08 bits per heavy atom. The molecule has 3 aromatic carbocycles. The van der Waals surface area contributed by atoms with E-state index >= 15 is 0 Å². The van der Waals surface area contributed by atoms with Gasteiger partial charge in [-0.15, -0.1) is 0 Å². The summed E-state index contributed by atoms with van der Waals surface area (Å²) in [4.78, 5) is 61.6. The van der Waals surface area contributed by atoms with Gasteiger partial charge in [0.2, 0.25) is 0 Å². The van der Waals surface area contributed by atoms with Crippen LogP contribution in [0.3, 0.4) is 0 Å². The van der Waals surface area contributed by atoms with Gasteiger partial charge in [0.25, 0.3) is 23.4 Å². The Bertz CT molecular complexity index is 1480. The molecule has 1 aliphatic rings. The minimum absolute atomic E-state index is 0.0370. The normalized spacial score (nSPS) is 14.3. The van der Waals surface area contributed by atoms with Crippen LogP contribution >= 0.6 is 15.9 Å². The van der Waals surface area contributed by atoms with E-state index in [0.717, 1.165) is 17.7 Å². The van der Waals surface area contributed by atoms with E-state index in [4.69, 9.17) is 4.74 Å². The first-order valence-corrected chi connectivity index (χ1v) is 11.9. The van der Waals surface area contributed by atoms with Gasteiger partial charge in [0.15, 0.2) is 6.61 Å². The predicted molar refractivity (Wildman–Crippen MR) is 142 cm³/mol. The lowest BCUT2D eigenvalue weighted by molar-refractivity contribution is -0.384. The molecule has 2 N–H and O–H groups in total. The number of rotatable bonds is 7. The van der Waals surface area contributed by atoms with Gasteiger partial charge in [-0.25, -0.2) is 9.69 Å². The molecule has 3 aromatic rings. The third-order valence-electron chi connectivity index (χ3n) is 5.39. The Morgan fingerprint density at radius 2 is 1.76 bits per heavy atom. The van der Waals surface area contributed by atoms with Crippen molar-refractivity contribution in [3.8, 4) is 5.75 Å². The summed E-state index contributed by atoms with van der Waals surface area (Å²) in [5, 5.41) is 15.7. The Morgan fingerprint density at radius 3 is 2.42 bits per heavy atom. The number of urea groups is 1. The van der Waals surface area contributed by atoms with Crippen LogP contribution in [-0.4, -0.2) is 35.3 Å². The minimum atomic E-state index is -0.996. The molecule has 0 unspecified atom stereocenters. The molecule has 0 saturated carbocycles. The van der Waals surface area contributed by atoms with Gasteiger partial charge in [0.05, 0.1) is 10.6 Å². The first-order valence-electron chi connectivity index (χ1n) is 11.1. The van der Waals surface area contributed by atoms with Crippen LogP contribution in [0.4, 0.5) is 21.9 Å². The number of hydrogen-bond acceptors (Lipinski definition) is 7. The number of imide groups is 2. The largest absolute Gasteiger partial charge is 0.483 e. The standard InChI is InChI=1S/C26H19BrN4O7/c1-15-2-5-18(6-3-15)28-23(32)14-38-22-11-4-17(27)12-16(22)13-21-24(33)29-26(35)30(25(21)34)19-7-9-20(10-8-19)31(36)37/h2-13H,14H2,1H3,(H,28,32)(H,29,33,35)/b21-13+. The smallest absolute Gasteiger partial charge is 0.335 e. The Kier molecular flexibility index (Phi) is 7.63. The predicted octanol–water partition coefficient (Wildman–Crippen LogP) is 4.35. The molecule has 0 atom stereocenters. The zero-order chi connectivity index (χ0) is 27.4. The summed E-state index contributed by atoms with van der Waals surface area (Å²) in [6.07, 6.45) is 1.24. The molecular weight excluding hydrogens is 560 g/mol. The van der Waals surface area contributed by atoms with Crippen LogP contribution in [0.25, 0.3) is 6.08 Å². The minimum Gasteiger partial charge on any atom is -0.483 e. The van der Waals surface area contributed by atoms with Gasteiger partial charge in [-0.2, -0.15) is 0 Å². The van der Waals surface area contributed by atoms with Crippen LogP contribution in [-0.2, 0) is 14.4 Å². The van der Waals surface area contributed by atoms with E-state index in [1.165, 1.54) is 18.2 Å². The number of non-ortho nitro benzene ring substituents is 1.